The van der Waals surface area contributed by atoms with Gasteiger partial charge in [0.25, 0.3) is 0 Å². The van der Waals surface area contributed by atoms with Crippen LogP contribution in [0.25, 0.3) is 67.0 Å². The molecule has 0 saturated heterocycles. The minimum atomic E-state index is 0.920. The van der Waals surface area contributed by atoms with Crippen molar-refractivity contribution in [1.29, 1.82) is 0 Å². The van der Waals surface area contributed by atoms with Crippen LogP contribution in [0.15, 0.2) is 219 Å². The Hall–Kier alpha value is -7.36. The first kappa shape index (κ1) is 34.4. The third-order valence-electron chi connectivity index (χ3n) is 10.3. The van der Waals surface area contributed by atoms with E-state index >= 15 is 0 Å². The van der Waals surface area contributed by atoms with Gasteiger partial charge in [0.1, 0.15) is 0 Å². The van der Waals surface area contributed by atoms with Gasteiger partial charge >= 0.3 is 0 Å². The second kappa shape index (κ2) is 15.5. The highest BCUT2D eigenvalue weighted by molar-refractivity contribution is 5.91. The quantitative estimate of drug-likeness (QED) is 0.149. The molecule has 266 valence electrons. The molecule has 0 aliphatic carbocycles. The molecule has 0 fully saturated rings. The number of aryl methyl sites for hydroxylation is 1. The second-order valence-corrected chi connectivity index (χ2v) is 13.9. The van der Waals surface area contributed by atoms with Crippen LogP contribution in [-0.2, 0) is 0 Å². The van der Waals surface area contributed by atoms with Crippen LogP contribution in [0.5, 0.6) is 0 Å². The van der Waals surface area contributed by atoms with Gasteiger partial charge in [-0.1, -0.05) is 152 Å². The average molecular weight is 718 g/mol. The van der Waals surface area contributed by atoms with E-state index in [-0.39, 0.29) is 0 Å². The molecule has 0 aliphatic rings. The molecule has 0 aliphatic heterocycles. The van der Waals surface area contributed by atoms with E-state index in [9.17, 15) is 0 Å². The number of nitrogens with zero attached hydrogens (tertiary/aromatic N) is 3. The van der Waals surface area contributed by atoms with E-state index in [0.717, 1.165) is 67.4 Å². The summed E-state index contributed by atoms with van der Waals surface area (Å²) in [5, 5.41) is 0. The van der Waals surface area contributed by atoms with E-state index in [1.165, 1.54) is 22.3 Å². The molecule has 2 heterocycles. The van der Waals surface area contributed by atoms with Crippen LogP contribution in [-0.4, -0.2) is 9.97 Å². The normalized spacial score (nSPS) is 10.9. The lowest BCUT2D eigenvalue weighted by atomic mass is 9.96. The summed E-state index contributed by atoms with van der Waals surface area (Å²) < 4.78 is 0. The maximum absolute atomic E-state index is 4.99. The summed E-state index contributed by atoms with van der Waals surface area (Å²) in [6, 6.07) is 73.0. The molecular weight excluding hydrogens is 679 g/mol. The van der Waals surface area contributed by atoms with Crippen molar-refractivity contribution < 1.29 is 0 Å². The largest absolute Gasteiger partial charge is 0.310 e. The highest BCUT2D eigenvalue weighted by Gasteiger charge is 2.20. The lowest BCUT2D eigenvalue weighted by molar-refractivity contribution is 1.25. The first-order valence-electron chi connectivity index (χ1n) is 19.0. The lowest BCUT2D eigenvalue weighted by Gasteiger charge is -2.29. The third kappa shape index (κ3) is 7.14. The minimum Gasteiger partial charge on any atom is -0.310 e. The van der Waals surface area contributed by atoms with Crippen molar-refractivity contribution in [3.63, 3.8) is 0 Å². The molecule has 56 heavy (non-hydrogen) atoms. The van der Waals surface area contributed by atoms with E-state index < -0.39 is 0 Å². The van der Waals surface area contributed by atoms with Gasteiger partial charge in [-0.15, -0.1) is 0 Å². The summed E-state index contributed by atoms with van der Waals surface area (Å²) in [7, 11) is 0. The number of hydrogen-bond acceptors (Lipinski definition) is 3. The molecule has 0 saturated carbocycles. The van der Waals surface area contributed by atoms with Crippen molar-refractivity contribution in [2.24, 2.45) is 0 Å². The average Bonchev–Trinajstić information content (AvgIpc) is 3.28. The van der Waals surface area contributed by atoms with Gasteiger partial charge in [0.05, 0.1) is 17.1 Å². The zero-order valence-electron chi connectivity index (χ0n) is 31.1. The Morgan fingerprint density at radius 3 is 1.61 bits per heavy atom. The molecule has 2 aromatic heterocycles. The summed E-state index contributed by atoms with van der Waals surface area (Å²) in [5.74, 6) is 0. The fraction of sp³-hybridized carbons (Fsp3) is 0.0189. The molecule has 0 atom stereocenters. The van der Waals surface area contributed by atoms with Crippen molar-refractivity contribution in [2.75, 3.05) is 4.90 Å². The summed E-state index contributed by atoms with van der Waals surface area (Å²) >= 11 is 0. The number of anilines is 3. The fourth-order valence-electron chi connectivity index (χ4n) is 7.45. The van der Waals surface area contributed by atoms with Gasteiger partial charge in [-0.25, -0.2) is 0 Å². The maximum Gasteiger partial charge on any atom is 0.0709 e. The first-order valence-corrected chi connectivity index (χ1v) is 19.0. The standard InChI is InChI=1S/C53H39N3/c1-38-37-55-52(36-50(38)43-29-27-41(28-30-43)39-16-5-2-6-17-39)44-22-15-23-47(33-44)56(53-26-12-11-24-49(53)42-20-9-4-10-21-42)48-34-45(40-18-7-3-8-19-40)32-46(35-48)51-25-13-14-31-54-51/h2-37H,1H3. The van der Waals surface area contributed by atoms with Gasteiger partial charge < -0.3 is 4.90 Å². The summed E-state index contributed by atoms with van der Waals surface area (Å²) in [6.07, 6.45) is 3.85. The third-order valence-corrected chi connectivity index (χ3v) is 10.3. The van der Waals surface area contributed by atoms with Gasteiger partial charge in [0.15, 0.2) is 0 Å². The Labute approximate surface area is 328 Å². The zero-order valence-corrected chi connectivity index (χ0v) is 31.1. The molecule has 0 radical (unpaired) electrons. The first-order chi connectivity index (χ1) is 27.7. The molecule has 3 nitrogen and oxygen atoms in total. The highest BCUT2D eigenvalue weighted by Crippen LogP contribution is 2.44. The van der Waals surface area contributed by atoms with Crippen molar-refractivity contribution >= 4 is 17.1 Å². The van der Waals surface area contributed by atoms with Gasteiger partial charge in [-0.2, -0.15) is 0 Å². The van der Waals surface area contributed by atoms with Crippen molar-refractivity contribution in [3.05, 3.63) is 224 Å². The Balaban J connectivity index is 1.20. The molecule has 9 rings (SSSR count). The van der Waals surface area contributed by atoms with Crippen molar-refractivity contribution in [2.45, 2.75) is 6.92 Å². The molecule has 0 N–H and O–H groups in total. The van der Waals surface area contributed by atoms with Crippen LogP contribution in [0.2, 0.25) is 0 Å². The molecule has 0 bridgehead atoms. The predicted octanol–water partition coefficient (Wildman–Crippen LogP) is 14.3. The Morgan fingerprint density at radius 2 is 0.893 bits per heavy atom. The number of benzene rings is 7. The van der Waals surface area contributed by atoms with E-state index in [1.807, 2.05) is 24.5 Å². The Morgan fingerprint density at radius 1 is 0.339 bits per heavy atom. The van der Waals surface area contributed by atoms with Crippen molar-refractivity contribution in [3.8, 4) is 67.0 Å². The van der Waals surface area contributed by atoms with E-state index in [1.54, 1.807) is 0 Å². The number of aromatic nitrogens is 2. The topological polar surface area (TPSA) is 29.0 Å². The maximum atomic E-state index is 4.99. The second-order valence-electron chi connectivity index (χ2n) is 13.9. The Bertz CT molecular complexity index is 2670. The SMILES string of the molecule is Cc1cnc(-c2cccc(N(c3cc(-c4ccccc4)cc(-c4ccccn4)c3)c3ccccc3-c3ccccc3)c2)cc1-c1ccc(-c2ccccc2)cc1. The van der Waals surface area contributed by atoms with E-state index in [2.05, 4.69) is 206 Å². The monoisotopic (exact) mass is 717 g/mol. The highest BCUT2D eigenvalue weighted by atomic mass is 15.1. The van der Waals surface area contributed by atoms with Crippen LogP contribution in [0.3, 0.4) is 0 Å². The van der Waals surface area contributed by atoms with Crippen LogP contribution in [0.1, 0.15) is 5.56 Å². The fourth-order valence-corrected chi connectivity index (χ4v) is 7.45. The number of hydrogen-bond donors (Lipinski definition) is 0. The van der Waals surface area contributed by atoms with Gasteiger partial charge in [-0.3, -0.25) is 9.97 Å². The van der Waals surface area contributed by atoms with Gasteiger partial charge in [0, 0.05) is 40.5 Å². The van der Waals surface area contributed by atoms with Crippen LogP contribution in [0, 0.1) is 6.92 Å². The van der Waals surface area contributed by atoms with E-state index in [4.69, 9.17) is 9.97 Å². The van der Waals surface area contributed by atoms with Crippen LogP contribution >= 0.6 is 0 Å². The predicted molar refractivity (Wildman–Crippen MR) is 234 cm³/mol. The number of para-hydroxylation sites is 1. The molecule has 9 aromatic rings. The summed E-state index contributed by atoms with van der Waals surface area (Å²) in [4.78, 5) is 12.2. The molecule has 7 aromatic carbocycles. The molecule has 0 amide bonds. The van der Waals surface area contributed by atoms with Crippen LogP contribution < -0.4 is 4.90 Å². The van der Waals surface area contributed by atoms with E-state index in [0.29, 0.717) is 0 Å². The van der Waals surface area contributed by atoms with Gasteiger partial charge in [0.2, 0.25) is 0 Å². The Kier molecular flexibility index (Phi) is 9.55. The smallest absolute Gasteiger partial charge is 0.0709 e. The lowest BCUT2D eigenvalue weighted by Crippen LogP contribution is -2.12. The molecule has 3 heteroatoms. The van der Waals surface area contributed by atoms with Gasteiger partial charge in [-0.05, 0) is 106 Å². The summed E-state index contributed by atoms with van der Waals surface area (Å²) in [6.45, 7) is 2.13. The number of pyridine rings is 2. The van der Waals surface area contributed by atoms with Crippen LogP contribution in [0.4, 0.5) is 17.1 Å². The minimum absolute atomic E-state index is 0.920. The summed E-state index contributed by atoms with van der Waals surface area (Å²) in [5.41, 5.74) is 17.5. The number of rotatable bonds is 9. The van der Waals surface area contributed by atoms with Crippen molar-refractivity contribution in [1.82, 2.24) is 9.97 Å². The molecule has 0 unspecified atom stereocenters. The molecule has 0 spiro atoms. The molecular formula is C53H39N3. The zero-order chi connectivity index (χ0) is 37.7.